The van der Waals surface area contributed by atoms with E-state index < -0.39 is 0 Å². The van der Waals surface area contributed by atoms with Crippen LogP contribution in [0.15, 0.2) is 6.20 Å². The van der Waals surface area contributed by atoms with Crippen molar-refractivity contribution in [2.45, 2.75) is 52.1 Å². The van der Waals surface area contributed by atoms with Gasteiger partial charge < -0.3 is 4.74 Å². The van der Waals surface area contributed by atoms with E-state index in [-0.39, 0.29) is 11.4 Å². The number of hydrogen-bond acceptors (Lipinski definition) is 4. The van der Waals surface area contributed by atoms with Crippen LogP contribution in [-0.4, -0.2) is 26.3 Å². The lowest BCUT2D eigenvalue weighted by atomic mass is 10.1. The van der Waals surface area contributed by atoms with Crippen molar-refractivity contribution in [3.8, 4) is 5.88 Å². The predicted molar refractivity (Wildman–Crippen MR) is 75.5 cm³/mol. The Morgan fingerprint density at radius 2 is 2.16 bits per heavy atom. The number of H-pyrrole nitrogens is 1. The van der Waals surface area contributed by atoms with Gasteiger partial charge in [-0.1, -0.05) is 26.2 Å². The second-order valence-electron chi connectivity index (χ2n) is 4.71. The summed E-state index contributed by atoms with van der Waals surface area (Å²) in [5, 5.41) is 7.64. The number of fused-ring (bicyclic) bond motifs is 1. The highest BCUT2D eigenvalue weighted by Gasteiger charge is 2.12. The predicted octanol–water partition coefficient (Wildman–Crippen LogP) is 3.74. The van der Waals surface area contributed by atoms with Gasteiger partial charge in [-0.25, -0.2) is 0 Å². The lowest BCUT2D eigenvalue weighted by Crippen LogP contribution is -2.13. The molecule has 1 N–H and O–H groups in total. The third kappa shape index (κ3) is 3.80. The second kappa shape index (κ2) is 6.70. The molecule has 0 aliphatic carbocycles. The van der Waals surface area contributed by atoms with Gasteiger partial charge in [0.1, 0.15) is 5.39 Å². The average Bonchev–Trinajstić information content (AvgIpc) is 2.82. The molecule has 0 radical (unpaired) electrons. The zero-order chi connectivity index (χ0) is 13.7. The van der Waals surface area contributed by atoms with Crippen LogP contribution in [0.1, 0.15) is 46.0 Å². The SMILES string of the molecule is CCCCCCC(C)Oc1nc(Cl)nc2[nH]ncc12. The Balaban J connectivity index is 1.98. The number of aromatic nitrogens is 4. The first-order valence-electron chi connectivity index (χ1n) is 6.74. The second-order valence-corrected chi connectivity index (χ2v) is 5.05. The van der Waals surface area contributed by atoms with Crippen molar-refractivity contribution in [2.24, 2.45) is 0 Å². The van der Waals surface area contributed by atoms with Gasteiger partial charge >= 0.3 is 0 Å². The standard InChI is InChI=1S/C13H19ClN4O/c1-3-4-5-6-7-9(2)19-12-10-8-15-18-11(10)16-13(14)17-12/h8-9H,3-7H2,1-2H3,(H,15,16,17,18). The fourth-order valence-corrected chi connectivity index (χ4v) is 2.14. The zero-order valence-corrected chi connectivity index (χ0v) is 12.1. The normalized spacial score (nSPS) is 12.8. The monoisotopic (exact) mass is 282 g/mol. The summed E-state index contributed by atoms with van der Waals surface area (Å²) in [6, 6.07) is 0. The Morgan fingerprint density at radius 1 is 1.32 bits per heavy atom. The van der Waals surface area contributed by atoms with E-state index in [0.717, 1.165) is 11.8 Å². The van der Waals surface area contributed by atoms with Crippen LogP contribution >= 0.6 is 11.6 Å². The van der Waals surface area contributed by atoms with Crippen LogP contribution in [-0.2, 0) is 0 Å². The van der Waals surface area contributed by atoms with E-state index in [9.17, 15) is 0 Å². The molecule has 1 atom stereocenters. The number of nitrogens with zero attached hydrogens (tertiary/aromatic N) is 3. The number of halogens is 1. The van der Waals surface area contributed by atoms with Crippen molar-refractivity contribution in [3.05, 3.63) is 11.5 Å². The third-order valence-electron chi connectivity index (χ3n) is 3.02. The maximum absolute atomic E-state index is 5.86. The number of aromatic amines is 1. The van der Waals surface area contributed by atoms with Crippen molar-refractivity contribution in [3.63, 3.8) is 0 Å². The largest absolute Gasteiger partial charge is 0.474 e. The zero-order valence-electron chi connectivity index (χ0n) is 11.3. The van der Waals surface area contributed by atoms with Gasteiger partial charge in [-0.05, 0) is 31.4 Å². The van der Waals surface area contributed by atoms with E-state index in [2.05, 4.69) is 27.1 Å². The minimum atomic E-state index is 0.112. The molecule has 6 heteroatoms. The Kier molecular flexibility index (Phi) is 4.96. The van der Waals surface area contributed by atoms with E-state index >= 15 is 0 Å². The summed E-state index contributed by atoms with van der Waals surface area (Å²) in [6.45, 7) is 4.26. The molecule has 19 heavy (non-hydrogen) atoms. The Morgan fingerprint density at radius 3 is 2.95 bits per heavy atom. The molecule has 2 aromatic heterocycles. The molecule has 0 amide bonds. The molecule has 0 fully saturated rings. The summed E-state index contributed by atoms with van der Waals surface area (Å²) < 4.78 is 5.85. The average molecular weight is 283 g/mol. The maximum atomic E-state index is 5.86. The fraction of sp³-hybridized carbons (Fsp3) is 0.615. The highest BCUT2D eigenvalue weighted by Crippen LogP contribution is 2.24. The van der Waals surface area contributed by atoms with Crippen molar-refractivity contribution >= 4 is 22.6 Å². The molecular weight excluding hydrogens is 264 g/mol. The van der Waals surface area contributed by atoms with Crippen LogP contribution in [0.5, 0.6) is 5.88 Å². The highest BCUT2D eigenvalue weighted by molar-refractivity contribution is 6.28. The van der Waals surface area contributed by atoms with E-state index in [0.29, 0.717) is 11.5 Å². The summed E-state index contributed by atoms with van der Waals surface area (Å²) in [4.78, 5) is 8.18. The van der Waals surface area contributed by atoms with Gasteiger partial charge in [0.05, 0.1) is 12.3 Å². The van der Waals surface area contributed by atoms with Crippen molar-refractivity contribution in [1.29, 1.82) is 0 Å². The van der Waals surface area contributed by atoms with E-state index in [1.165, 1.54) is 25.7 Å². The number of ether oxygens (including phenoxy) is 1. The van der Waals surface area contributed by atoms with Crippen molar-refractivity contribution < 1.29 is 4.74 Å². The summed E-state index contributed by atoms with van der Waals surface area (Å²) >= 11 is 5.86. The van der Waals surface area contributed by atoms with Crippen LogP contribution in [0.3, 0.4) is 0 Å². The van der Waals surface area contributed by atoms with Crippen molar-refractivity contribution in [2.75, 3.05) is 0 Å². The Bertz CT molecular complexity index is 528. The molecule has 0 aliphatic heterocycles. The molecule has 0 bridgehead atoms. The molecule has 0 aromatic carbocycles. The number of unbranched alkanes of at least 4 members (excludes halogenated alkanes) is 3. The number of nitrogens with one attached hydrogen (secondary N) is 1. The van der Waals surface area contributed by atoms with Crippen LogP contribution in [0.4, 0.5) is 0 Å². The summed E-state index contributed by atoms with van der Waals surface area (Å²) in [5.74, 6) is 0.506. The van der Waals surface area contributed by atoms with Crippen LogP contribution < -0.4 is 4.74 Å². The third-order valence-corrected chi connectivity index (χ3v) is 3.19. The fourth-order valence-electron chi connectivity index (χ4n) is 1.98. The van der Waals surface area contributed by atoms with Gasteiger partial charge in [0, 0.05) is 0 Å². The van der Waals surface area contributed by atoms with Crippen LogP contribution in [0, 0.1) is 0 Å². The first-order valence-corrected chi connectivity index (χ1v) is 7.11. The van der Waals surface area contributed by atoms with Gasteiger partial charge in [-0.3, -0.25) is 5.10 Å². The molecule has 104 valence electrons. The lowest BCUT2D eigenvalue weighted by Gasteiger charge is -2.14. The highest BCUT2D eigenvalue weighted by atomic mass is 35.5. The van der Waals surface area contributed by atoms with Gasteiger partial charge in [0.2, 0.25) is 11.2 Å². The molecule has 0 aliphatic rings. The number of hydrogen-bond donors (Lipinski definition) is 1. The minimum absolute atomic E-state index is 0.112. The molecule has 1 unspecified atom stereocenters. The molecule has 2 rings (SSSR count). The maximum Gasteiger partial charge on any atom is 0.229 e. The van der Waals surface area contributed by atoms with E-state index in [1.807, 2.05) is 6.92 Å². The summed E-state index contributed by atoms with van der Waals surface area (Å²) in [6.07, 6.45) is 7.72. The van der Waals surface area contributed by atoms with Gasteiger partial charge in [0.15, 0.2) is 5.65 Å². The van der Waals surface area contributed by atoms with E-state index in [4.69, 9.17) is 16.3 Å². The van der Waals surface area contributed by atoms with Crippen LogP contribution in [0.25, 0.3) is 11.0 Å². The molecule has 0 spiro atoms. The first-order chi connectivity index (χ1) is 9.20. The Labute approximate surface area is 117 Å². The minimum Gasteiger partial charge on any atom is -0.474 e. The molecule has 2 aromatic rings. The lowest BCUT2D eigenvalue weighted by molar-refractivity contribution is 0.201. The van der Waals surface area contributed by atoms with Gasteiger partial charge in [-0.15, -0.1) is 0 Å². The summed E-state index contributed by atoms with van der Waals surface area (Å²) in [7, 11) is 0. The molecule has 5 nitrogen and oxygen atoms in total. The molecule has 0 saturated heterocycles. The molecule has 2 heterocycles. The first kappa shape index (κ1) is 14.1. The van der Waals surface area contributed by atoms with Gasteiger partial charge in [-0.2, -0.15) is 15.1 Å². The van der Waals surface area contributed by atoms with E-state index in [1.54, 1.807) is 6.20 Å². The number of rotatable bonds is 7. The molecular formula is C13H19ClN4O. The molecule has 0 saturated carbocycles. The summed E-state index contributed by atoms with van der Waals surface area (Å²) in [5.41, 5.74) is 0.605. The Hall–Kier alpha value is -1.36. The topological polar surface area (TPSA) is 63.7 Å². The smallest absolute Gasteiger partial charge is 0.229 e. The quantitative estimate of drug-likeness (QED) is 0.620. The van der Waals surface area contributed by atoms with Crippen LogP contribution in [0.2, 0.25) is 5.28 Å². The van der Waals surface area contributed by atoms with Crippen molar-refractivity contribution in [1.82, 2.24) is 20.2 Å². The van der Waals surface area contributed by atoms with Gasteiger partial charge in [0.25, 0.3) is 0 Å².